The fraction of sp³-hybridized carbons (Fsp3) is 0.300. The van der Waals surface area contributed by atoms with Crippen LogP contribution in [-0.2, 0) is 6.54 Å². The van der Waals surface area contributed by atoms with E-state index in [-0.39, 0.29) is 0 Å². The summed E-state index contributed by atoms with van der Waals surface area (Å²) in [6.45, 7) is 1.51. The molecule has 1 aromatic carbocycles. The number of aromatic nitrogens is 4. The van der Waals surface area contributed by atoms with E-state index in [0.29, 0.717) is 17.4 Å². The van der Waals surface area contributed by atoms with E-state index in [1.165, 1.54) is 0 Å². The van der Waals surface area contributed by atoms with Crippen molar-refractivity contribution in [3.63, 3.8) is 0 Å². The fourth-order valence-electron chi connectivity index (χ4n) is 1.29. The van der Waals surface area contributed by atoms with E-state index in [2.05, 4.69) is 20.7 Å². The van der Waals surface area contributed by atoms with E-state index < -0.39 is 0 Å². The van der Waals surface area contributed by atoms with Crippen molar-refractivity contribution in [2.45, 2.75) is 6.54 Å². The summed E-state index contributed by atoms with van der Waals surface area (Å²) in [6, 6.07) is 7.41. The van der Waals surface area contributed by atoms with Gasteiger partial charge < -0.3 is 5.32 Å². The normalized spacial score (nSPS) is 10.6. The lowest BCUT2D eigenvalue weighted by atomic mass is 10.2. The minimum atomic E-state index is 0.596. The summed E-state index contributed by atoms with van der Waals surface area (Å²) in [5.41, 5.74) is 0.878. The highest BCUT2D eigenvalue weighted by Crippen LogP contribution is 2.18. The molecule has 0 saturated carbocycles. The molecule has 6 heteroatoms. The predicted octanol–water partition coefficient (Wildman–Crippen LogP) is 1.21. The van der Waals surface area contributed by atoms with Crippen molar-refractivity contribution in [1.82, 2.24) is 25.5 Å². The molecule has 0 bridgehead atoms. The Kier molecular flexibility index (Phi) is 3.48. The van der Waals surface area contributed by atoms with Crippen LogP contribution in [-0.4, -0.2) is 33.8 Å². The topological polar surface area (TPSA) is 55.6 Å². The molecular weight excluding hydrogens is 226 g/mol. The number of tetrazole rings is 1. The molecule has 1 aromatic heterocycles. The Morgan fingerprint density at radius 2 is 2.31 bits per heavy atom. The van der Waals surface area contributed by atoms with Gasteiger partial charge in [-0.1, -0.05) is 23.7 Å². The van der Waals surface area contributed by atoms with Gasteiger partial charge in [0, 0.05) is 17.1 Å². The predicted molar refractivity (Wildman–Crippen MR) is 62.2 cm³/mol. The van der Waals surface area contributed by atoms with Gasteiger partial charge in [0.2, 0.25) is 5.82 Å². The first-order chi connectivity index (χ1) is 7.79. The highest BCUT2D eigenvalue weighted by molar-refractivity contribution is 6.30. The van der Waals surface area contributed by atoms with E-state index in [9.17, 15) is 0 Å². The number of nitrogens with one attached hydrogen (secondary N) is 1. The molecule has 0 fully saturated rings. The van der Waals surface area contributed by atoms with E-state index in [1.54, 1.807) is 4.80 Å². The molecule has 0 radical (unpaired) electrons. The van der Waals surface area contributed by atoms with Crippen LogP contribution in [0.25, 0.3) is 11.4 Å². The number of nitrogens with zero attached hydrogens (tertiary/aromatic N) is 4. The molecule has 5 nitrogen and oxygen atoms in total. The number of halogens is 1. The molecule has 84 valence electrons. The summed E-state index contributed by atoms with van der Waals surface area (Å²) < 4.78 is 0. The molecule has 1 N–H and O–H groups in total. The summed E-state index contributed by atoms with van der Waals surface area (Å²) in [4.78, 5) is 1.56. The standard InChI is InChI=1S/C10H12ClN5/c1-12-5-6-16-14-10(13-15-16)8-3-2-4-9(11)7-8/h2-4,7,12H,5-6H2,1H3. The molecule has 0 unspecified atom stereocenters. The molecule has 0 aliphatic carbocycles. The number of likely N-dealkylation sites (N-methyl/N-ethyl adjacent to an activating group) is 1. The van der Waals surface area contributed by atoms with Crippen molar-refractivity contribution in [3.05, 3.63) is 29.3 Å². The van der Waals surface area contributed by atoms with Crippen LogP contribution >= 0.6 is 11.6 Å². The average molecular weight is 238 g/mol. The van der Waals surface area contributed by atoms with E-state index in [0.717, 1.165) is 12.1 Å². The van der Waals surface area contributed by atoms with Gasteiger partial charge in [-0.05, 0) is 24.4 Å². The molecule has 0 saturated heterocycles. The van der Waals surface area contributed by atoms with Crippen molar-refractivity contribution in [2.75, 3.05) is 13.6 Å². The van der Waals surface area contributed by atoms with Gasteiger partial charge in [0.05, 0.1) is 6.54 Å². The van der Waals surface area contributed by atoms with Gasteiger partial charge in [-0.3, -0.25) is 0 Å². The maximum atomic E-state index is 5.89. The van der Waals surface area contributed by atoms with Crippen LogP contribution in [0.4, 0.5) is 0 Å². The highest BCUT2D eigenvalue weighted by atomic mass is 35.5. The lowest BCUT2D eigenvalue weighted by Gasteiger charge is -1.96. The van der Waals surface area contributed by atoms with Crippen molar-refractivity contribution in [1.29, 1.82) is 0 Å². The van der Waals surface area contributed by atoms with Crippen molar-refractivity contribution in [2.24, 2.45) is 0 Å². The second kappa shape index (κ2) is 5.05. The lowest BCUT2D eigenvalue weighted by molar-refractivity contribution is 0.507. The molecule has 16 heavy (non-hydrogen) atoms. The second-order valence-electron chi connectivity index (χ2n) is 3.32. The van der Waals surface area contributed by atoms with Gasteiger partial charge in [-0.25, -0.2) is 0 Å². The summed E-state index contributed by atoms with van der Waals surface area (Å²) in [5, 5.41) is 15.9. The Balaban J connectivity index is 2.18. The van der Waals surface area contributed by atoms with E-state index in [1.807, 2.05) is 31.3 Å². The first-order valence-corrected chi connectivity index (χ1v) is 5.36. The molecule has 0 amide bonds. The quantitative estimate of drug-likeness (QED) is 0.869. The van der Waals surface area contributed by atoms with E-state index >= 15 is 0 Å². The summed E-state index contributed by atoms with van der Waals surface area (Å²) >= 11 is 5.89. The van der Waals surface area contributed by atoms with Crippen LogP contribution in [0, 0.1) is 0 Å². The van der Waals surface area contributed by atoms with Crippen LogP contribution in [0.2, 0.25) is 5.02 Å². The second-order valence-corrected chi connectivity index (χ2v) is 3.76. The van der Waals surface area contributed by atoms with Crippen LogP contribution < -0.4 is 5.32 Å². The minimum absolute atomic E-state index is 0.596. The maximum Gasteiger partial charge on any atom is 0.204 e. The Hall–Kier alpha value is -1.46. The first-order valence-electron chi connectivity index (χ1n) is 4.98. The number of benzene rings is 1. The molecule has 2 aromatic rings. The van der Waals surface area contributed by atoms with Crippen LogP contribution in [0.15, 0.2) is 24.3 Å². The molecule has 0 spiro atoms. The van der Waals surface area contributed by atoms with Crippen molar-refractivity contribution in [3.8, 4) is 11.4 Å². The third-order valence-electron chi connectivity index (χ3n) is 2.10. The smallest absolute Gasteiger partial charge is 0.204 e. The number of hydrogen-bond acceptors (Lipinski definition) is 4. The van der Waals surface area contributed by atoms with E-state index in [4.69, 9.17) is 11.6 Å². The molecular formula is C10H12ClN5. The Morgan fingerprint density at radius 1 is 1.44 bits per heavy atom. The lowest BCUT2D eigenvalue weighted by Crippen LogP contribution is -2.16. The van der Waals surface area contributed by atoms with Gasteiger partial charge in [-0.2, -0.15) is 4.80 Å². The Bertz CT molecular complexity index is 468. The highest BCUT2D eigenvalue weighted by Gasteiger charge is 2.05. The van der Waals surface area contributed by atoms with Gasteiger partial charge in [0.25, 0.3) is 0 Å². The van der Waals surface area contributed by atoms with Crippen molar-refractivity contribution >= 4 is 11.6 Å². The van der Waals surface area contributed by atoms with Gasteiger partial charge in [0.15, 0.2) is 0 Å². The van der Waals surface area contributed by atoms with Gasteiger partial charge in [-0.15, -0.1) is 10.2 Å². The SMILES string of the molecule is CNCCn1nnc(-c2cccc(Cl)c2)n1. The fourth-order valence-corrected chi connectivity index (χ4v) is 1.48. The maximum absolute atomic E-state index is 5.89. The van der Waals surface area contributed by atoms with Crippen LogP contribution in [0.1, 0.15) is 0 Å². The van der Waals surface area contributed by atoms with Crippen molar-refractivity contribution < 1.29 is 0 Å². The Morgan fingerprint density at radius 3 is 3.06 bits per heavy atom. The summed E-state index contributed by atoms with van der Waals surface area (Å²) in [5.74, 6) is 0.596. The minimum Gasteiger partial charge on any atom is -0.318 e. The number of rotatable bonds is 4. The Labute approximate surface area is 98.4 Å². The number of hydrogen-bond donors (Lipinski definition) is 1. The van der Waals surface area contributed by atoms with Gasteiger partial charge in [0.1, 0.15) is 0 Å². The van der Waals surface area contributed by atoms with Crippen LogP contribution in [0.3, 0.4) is 0 Å². The molecule has 0 aliphatic rings. The van der Waals surface area contributed by atoms with Gasteiger partial charge >= 0.3 is 0 Å². The zero-order valence-electron chi connectivity index (χ0n) is 8.89. The van der Waals surface area contributed by atoms with Crippen LogP contribution in [0.5, 0.6) is 0 Å². The zero-order chi connectivity index (χ0) is 11.4. The molecule has 0 aliphatic heterocycles. The summed E-state index contributed by atoms with van der Waals surface area (Å²) in [7, 11) is 1.88. The first kappa shape index (κ1) is 11.0. The average Bonchev–Trinajstić information content (AvgIpc) is 2.75. The third kappa shape index (κ3) is 2.56. The molecule has 2 rings (SSSR count). The summed E-state index contributed by atoms with van der Waals surface area (Å²) in [6.07, 6.45) is 0. The third-order valence-corrected chi connectivity index (χ3v) is 2.33. The zero-order valence-corrected chi connectivity index (χ0v) is 9.65. The molecule has 1 heterocycles. The largest absolute Gasteiger partial charge is 0.318 e. The molecule has 0 atom stereocenters. The monoisotopic (exact) mass is 237 g/mol.